The number of aromatic nitrogens is 2. The number of nitrogens with zero attached hydrogens (tertiary/aromatic N) is 3. The zero-order chi connectivity index (χ0) is 13.9. The van der Waals surface area contributed by atoms with Gasteiger partial charge in [0.15, 0.2) is 0 Å². The second kappa shape index (κ2) is 6.17. The lowest BCUT2D eigenvalue weighted by Crippen LogP contribution is -2.33. The van der Waals surface area contributed by atoms with Crippen molar-refractivity contribution in [2.24, 2.45) is 0 Å². The van der Waals surface area contributed by atoms with E-state index in [9.17, 15) is 0 Å². The highest BCUT2D eigenvalue weighted by Gasteiger charge is 2.27. The van der Waals surface area contributed by atoms with Crippen LogP contribution in [0.4, 0.5) is 5.82 Å². The van der Waals surface area contributed by atoms with Gasteiger partial charge in [-0.3, -0.25) is 0 Å². The van der Waals surface area contributed by atoms with E-state index in [0.717, 1.165) is 13.1 Å². The van der Waals surface area contributed by atoms with Crippen LogP contribution in [0.1, 0.15) is 56.7 Å². The highest BCUT2D eigenvalue weighted by molar-refractivity contribution is 5.50. The van der Waals surface area contributed by atoms with Crippen molar-refractivity contribution in [3.05, 3.63) is 11.3 Å². The molecule has 112 valence electrons. The van der Waals surface area contributed by atoms with Crippen LogP contribution in [-0.4, -0.2) is 40.9 Å². The van der Waals surface area contributed by atoms with E-state index < -0.39 is 0 Å². The molecule has 20 heavy (non-hydrogen) atoms. The Morgan fingerprint density at radius 1 is 1.15 bits per heavy atom. The van der Waals surface area contributed by atoms with Gasteiger partial charge in [-0.2, -0.15) is 5.10 Å². The van der Waals surface area contributed by atoms with Crippen molar-refractivity contribution in [1.29, 1.82) is 0 Å². The number of piperidine rings is 1. The topological polar surface area (TPSA) is 33.1 Å². The molecule has 1 aromatic heterocycles. The largest absolute Gasteiger partial charge is 0.370 e. The predicted octanol–water partition coefficient (Wildman–Crippen LogP) is 2.85. The molecule has 0 atom stereocenters. The van der Waals surface area contributed by atoms with Crippen LogP contribution in [-0.2, 0) is 13.0 Å². The maximum absolute atomic E-state index is 4.96. The number of likely N-dealkylation sites (tertiary alicyclic amines) is 1. The first-order valence-corrected chi connectivity index (χ1v) is 8.39. The first-order chi connectivity index (χ1) is 9.83. The average molecular weight is 276 g/mol. The number of nitrogens with one attached hydrogen (secondary N) is 1. The van der Waals surface area contributed by atoms with Crippen LogP contribution in [0.5, 0.6) is 0 Å². The SMILES string of the molecule is CCN1CCC(c2nn(CC)c3c2CCCCN3)CC1. The maximum atomic E-state index is 4.96. The summed E-state index contributed by atoms with van der Waals surface area (Å²) in [5.74, 6) is 2.00. The summed E-state index contributed by atoms with van der Waals surface area (Å²) in [4.78, 5) is 2.56. The summed E-state index contributed by atoms with van der Waals surface area (Å²) >= 11 is 0. The number of fused-ring (bicyclic) bond motifs is 1. The molecule has 2 aliphatic rings. The average Bonchev–Trinajstić information content (AvgIpc) is 2.68. The van der Waals surface area contributed by atoms with Gasteiger partial charge in [-0.15, -0.1) is 0 Å². The first-order valence-electron chi connectivity index (χ1n) is 8.39. The van der Waals surface area contributed by atoms with Gasteiger partial charge < -0.3 is 10.2 Å². The molecule has 4 heteroatoms. The Morgan fingerprint density at radius 2 is 1.95 bits per heavy atom. The molecule has 0 amide bonds. The van der Waals surface area contributed by atoms with Crippen molar-refractivity contribution in [1.82, 2.24) is 14.7 Å². The molecule has 4 nitrogen and oxygen atoms in total. The van der Waals surface area contributed by atoms with E-state index in [0.29, 0.717) is 5.92 Å². The molecule has 3 rings (SSSR count). The summed E-state index contributed by atoms with van der Waals surface area (Å²) in [5, 5.41) is 8.58. The minimum absolute atomic E-state index is 0.680. The Hall–Kier alpha value is -1.03. The van der Waals surface area contributed by atoms with Gasteiger partial charge in [0.05, 0.1) is 5.69 Å². The molecule has 0 aliphatic carbocycles. The van der Waals surface area contributed by atoms with Gasteiger partial charge in [0.1, 0.15) is 5.82 Å². The Balaban J connectivity index is 1.84. The molecule has 0 spiro atoms. The lowest BCUT2D eigenvalue weighted by molar-refractivity contribution is 0.220. The molecular formula is C16H28N4. The molecule has 1 aromatic rings. The summed E-state index contributed by atoms with van der Waals surface area (Å²) < 4.78 is 2.20. The van der Waals surface area contributed by atoms with E-state index >= 15 is 0 Å². The molecule has 0 bridgehead atoms. The molecule has 1 saturated heterocycles. The van der Waals surface area contributed by atoms with Crippen LogP contribution in [0.2, 0.25) is 0 Å². The zero-order valence-electron chi connectivity index (χ0n) is 13.0. The Labute approximate surface area is 122 Å². The third kappa shape index (κ3) is 2.58. The lowest BCUT2D eigenvalue weighted by atomic mass is 9.90. The second-order valence-corrected chi connectivity index (χ2v) is 6.12. The minimum atomic E-state index is 0.680. The summed E-state index contributed by atoms with van der Waals surface area (Å²) in [7, 11) is 0. The Morgan fingerprint density at radius 3 is 2.65 bits per heavy atom. The molecule has 0 unspecified atom stereocenters. The quantitative estimate of drug-likeness (QED) is 0.921. The smallest absolute Gasteiger partial charge is 0.127 e. The van der Waals surface area contributed by atoms with Gasteiger partial charge >= 0.3 is 0 Å². The highest BCUT2D eigenvalue weighted by atomic mass is 15.3. The predicted molar refractivity (Wildman–Crippen MR) is 83.4 cm³/mol. The van der Waals surface area contributed by atoms with Gasteiger partial charge in [0, 0.05) is 24.6 Å². The van der Waals surface area contributed by atoms with E-state index in [2.05, 4.69) is 28.7 Å². The molecular weight excluding hydrogens is 248 g/mol. The maximum Gasteiger partial charge on any atom is 0.127 e. The van der Waals surface area contributed by atoms with Crippen LogP contribution in [0.25, 0.3) is 0 Å². The number of anilines is 1. The van der Waals surface area contributed by atoms with Crippen LogP contribution in [0, 0.1) is 0 Å². The third-order valence-corrected chi connectivity index (χ3v) is 4.95. The van der Waals surface area contributed by atoms with Gasteiger partial charge in [-0.1, -0.05) is 6.92 Å². The first kappa shape index (κ1) is 13.9. The van der Waals surface area contributed by atoms with Gasteiger partial charge in [0.2, 0.25) is 0 Å². The summed E-state index contributed by atoms with van der Waals surface area (Å²) in [6.07, 6.45) is 6.36. The Bertz CT molecular complexity index is 444. The molecule has 2 aliphatic heterocycles. The molecule has 0 aromatic carbocycles. The van der Waals surface area contributed by atoms with E-state index in [1.165, 1.54) is 68.8 Å². The molecule has 0 saturated carbocycles. The number of hydrogen-bond donors (Lipinski definition) is 1. The van der Waals surface area contributed by atoms with E-state index in [-0.39, 0.29) is 0 Å². The van der Waals surface area contributed by atoms with E-state index in [1.807, 2.05) is 0 Å². The fourth-order valence-electron chi connectivity index (χ4n) is 3.67. The molecule has 3 heterocycles. The highest BCUT2D eigenvalue weighted by Crippen LogP contribution is 2.35. The fraction of sp³-hybridized carbons (Fsp3) is 0.812. The number of hydrogen-bond acceptors (Lipinski definition) is 3. The van der Waals surface area contributed by atoms with Gasteiger partial charge in [-0.25, -0.2) is 4.68 Å². The van der Waals surface area contributed by atoms with Crippen molar-refractivity contribution in [3.8, 4) is 0 Å². The summed E-state index contributed by atoms with van der Waals surface area (Å²) in [5.41, 5.74) is 2.94. The molecule has 1 fully saturated rings. The zero-order valence-corrected chi connectivity index (χ0v) is 13.0. The van der Waals surface area contributed by atoms with Crippen LogP contribution in [0.3, 0.4) is 0 Å². The second-order valence-electron chi connectivity index (χ2n) is 6.12. The van der Waals surface area contributed by atoms with Crippen molar-refractivity contribution in [2.45, 2.75) is 58.4 Å². The van der Waals surface area contributed by atoms with Crippen molar-refractivity contribution < 1.29 is 0 Å². The van der Waals surface area contributed by atoms with Gasteiger partial charge in [-0.05, 0) is 58.7 Å². The number of aryl methyl sites for hydroxylation is 1. The van der Waals surface area contributed by atoms with Crippen LogP contribution >= 0.6 is 0 Å². The lowest BCUT2D eigenvalue weighted by Gasteiger charge is -2.30. The van der Waals surface area contributed by atoms with Crippen LogP contribution < -0.4 is 5.32 Å². The van der Waals surface area contributed by atoms with E-state index in [4.69, 9.17) is 5.10 Å². The minimum Gasteiger partial charge on any atom is -0.370 e. The van der Waals surface area contributed by atoms with E-state index in [1.54, 1.807) is 0 Å². The summed E-state index contributed by atoms with van der Waals surface area (Å²) in [6.45, 7) is 10.2. The number of rotatable bonds is 3. The molecule has 1 N–H and O–H groups in total. The van der Waals surface area contributed by atoms with Crippen LogP contribution in [0.15, 0.2) is 0 Å². The van der Waals surface area contributed by atoms with Crippen molar-refractivity contribution >= 4 is 5.82 Å². The summed E-state index contributed by atoms with van der Waals surface area (Å²) in [6, 6.07) is 0. The standard InChI is InChI=1S/C16H28N4/c1-3-19-11-8-13(9-12-19)15-14-7-5-6-10-17-16(14)20(4-2)18-15/h13,17H,3-12H2,1-2H3. The monoisotopic (exact) mass is 276 g/mol. The van der Waals surface area contributed by atoms with Crippen molar-refractivity contribution in [2.75, 3.05) is 31.5 Å². The molecule has 0 radical (unpaired) electrons. The third-order valence-electron chi connectivity index (χ3n) is 4.95. The normalized spacial score (nSPS) is 21.3. The Kier molecular flexibility index (Phi) is 4.29. The van der Waals surface area contributed by atoms with Gasteiger partial charge in [0.25, 0.3) is 0 Å². The van der Waals surface area contributed by atoms with Crippen molar-refractivity contribution in [3.63, 3.8) is 0 Å². The fourth-order valence-corrected chi connectivity index (χ4v) is 3.67.